The first-order valence-electron chi connectivity index (χ1n) is 25.0. The van der Waals surface area contributed by atoms with Crippen LogP contribution in [0.1, 0.15) is 48.6 Å². The van der Waals surface area contributed by atoms with Gasteiger partial charge in [0, 0.05) is 71.0 Å². The van der Waals surface area contributed by atoms with E-state index in [1.54, 1.807) is 36.5 Å². The number of para-hydroxylation sites is 1. The maximum Gasteiger partial charge on any atom is 0.216 e. The van der Waals surface area contributed by atoms with Gasteiger partial charge in [-0.1, -0.05) is 112 Å². The van der Waals surface area contributed by atoms with E-state index in [-0.39, 0.29) is 37.1 Å². The number of furan rings is 1. The van der Waals surface area contributed by atoms with Gasteiger partial charge in [0.25, 0.3) is 0 Å². The van der Waals surface area contributed by atoms with Gasteiger partial charge in [0.1, 0.15) is 0 Å². The fourth-order valence-corrected chi connectivity index (χ4v) is 9.88. The standard InChI is InChI=1S/C37H23N4O.C19H26NSi.Ir/c1-21-8-5-14-32-34(21)41(36(40-32)30-12-6-11-28-29-17-15-22(2)39-37(29)42-35(28)30)23-16-18-26-24-9-3-4-10-25(24)27-13-7-19-38-33(27)31(26)20-23;1-19(2,3)13-16-12-17(15-10-8-7-9-11-15)20-14-18(16)21(4,5)6;/h3-11,13-20H,1-2H3;7-10,12,14H,13H2,1-6H3;/q2*-1;/i1D3,2D3;13D2;. The topological polar surface area (TPSA) is 69.6 Å². The minimum atomic E-state index is -2.43. The maximum absolute atomic E-state index is 8.75. The molecule has 0 saturated carbocycles. The first-order valence-corrected chi connectivity index (χ1v) is 24.5. The van der Waals surface area contributed by atoms with E-state index >= 15 is 0 Å². The third-order valence-electron chi connectivity index (χ3n) is 11.2. The number of hydrogen-bond acceptors (Lipinski definition) is 5. The molecular formula is C56H49IrN5OSi-2. The molecule has 0 aliphatic heterocycles. The molecule has 64 heavy (non-hydrogen) atoms. The van der Waals surface area contributed by atoms with Crippen molar-refractivity contribution in [3.8, 4) is 28.3 Å². The Morgan fingerprint density at radius 3 is 2.27 bits per heavy atom. The van der Waals surface area contributed by atoms with Gasteiger partial charge in [0.15, 0.2) is 0 Å². The average Bonchev–Trinajstić information content (AvgIpc) is 3.92. The molecule has 0 atom stereocenters. The summed E-state index contributed by atoms with van der Waals surface area (Å²) in [6.07, 6.45) is 2.24. The van der Waals surface area contributed by atoms with E-state index in [9.17, 15) is 0 Å². The Kier molecular flexibility index (Phi) is 8.89. The van der Waals surface area contributed by atoms with Crippen molar-refractivity contribution in [3.05, 3.63) is 169 Å². The van der Waals surface area contributed by atoms with Crippen molar-refractivity contribution >= 4 is 78.8 Å². The van der Waals surface area contributed by atoms with Crippen LogP contribution in [-0.4, -0.2) is 32.6 Å². The van der Waals surface area contributed by atoms with Gasteiger partial charge in [-0.15, -0.1) is 54.1 Å². The molecule has 0 amide bonds. The molecule has 8 heteroatoms. The summed E-state index contributed by atoms with van der Waals surface area (Å²) in [4.78, 5) is 18.7. The van der Waals surface area contributed by atoms with Crippen molar-refractivity contribution in [2.45, 2.75) is 60.5 Å². The van der Waals surface area contributed by atoms with Gasteiger partial charge < -0.3 is 14.0 Å². The van der Waals surface area contributed by atoms with Crippen molar-refractivity contribution in [1.29, 1.82) is 0 Å². The van der Waals surface area contributed by atoms with Gasteiger partial charge in [0.05, 0.1) is 36.0 Å². The fourth-order valence-electron chi connectivity index (χ4n) is 8.49. The molecule has 6 aromatic carbocycles. The van der Waals surface area contributed by atoms with Gasteiger partial charge in [-0.05, 0) is 94.5 Å². The monoisotopic (exact) mass is 1040 g/mol. The minimum absolute atomic E-state index is 0. The Bertz CT molecular complexity index is 3840. The molecule has 0 unspecified atom stereocenters. The summed E-state index contributed by atoms with van der Waals surface area (Å²) in [5.41, 5.74) is 5.59. The summed E-state index contributed by atoms with van der Waals surface area (Å²) >= 11 is 0. The largest absolute Gasteiger partial charge is 0.486 e. The van der Waals surface area contributed by atoms with Crippen LogP contribution in [0.25, 0.3) is 93.9 Å². The number of hydrogen-bond donors (Lipinski definition) is 0. The van der Waals surface area contributed by atoms with E-state index in [4.69, 9.17) is 25.4 Å². The molecule has 319 valence electrons. The van der Waals surface area contributed by atoms with E-state index in [1.807, 2.05) is 104 Å². The Labute approximate surface area is 400 Å². The molecule has 5 aromatic heterocycles. The third kappa shape index (κ3) is 7.85. The smallest absolute Gasteiger partial charge is 0.216 e. The second-order valence-corrected chi connectivity index (χ2v) is 22.9. The maximum atomic E-state index is 8.75. The van der Waals surface area contributed by atoms with Gasteiger partial charge in [0.2, 0.25) is 5.71 Å². The average molecular weight is 1040 g/mol. The molecule has 0 N–H and O–H groups in total. The molecule has 0 saturated heterocycles. The molecule has 1 radical (unpaired) electrons. The number of rotatable bonds is 5. The zero-order valence-corrected chi connectivity index (χ0v) is 39.7. The molecule has 0 bridgehead atoms. The van der Waals surface area contributed by atoms with Gasteiger partial charge in [-0.25, -0.2) is 4.98 Å². The van der Waals surface area contributed by atoms with Crippen molar-refractivity contribution in [3.63, 3.8) is 0 Å². The minimum Gasteiger partial charge on any atom is -0.486 e. The van der Waals surface area contributed by atoms with E-state index in [1.165, 1.54) is 6.07 Å². The SMILES string of the molecule is [2H]C([2H])([2H])c1ccc2c(n1)oc1c(-c3nc4cccc(C([2H])([2H])[2H])c4n3-c3ccc4c5ccccc5c5cccnc5c4c3)[c-]ccc12.[2H]C([2H])(c1cc(-c2[c-]cccc2)ncc1[Si](C)(C)C)C(C)(C)C.[Ir]. The number of pyridine rings is 3. The molecule has 5 heterocycles. The predicted octanol–water partition coefficient (Wildman–Crippen LogP) is 13.9. The van der Waals surface area contributed by atoms with E-state index in [0.717, 1.165) is 54.5 Å². The van der Waals surface area contributed by atoms with Crippen molar-refractivity contribution in [1.82, 2.24) is 24.5 Å². The van der Waals surface area contributed by atoms with Crippen LogP contribution in [-0.2, 0) is 26.5 Å². The number of aromatic nitrogens is 5. The molecule has 0 aliphatic carbocycles. The van der Waals surface area contributed by atoms with Crippen LogP contribution in [0.15, 0.2) is 144 Å². The molecule has 11 rings (SSSR count). The first kappa shape index (κ1) is 34.1. The molecule has 0 spiro atoms. The molecule has 0 fully saturated rings. The van der Waals surface area contributed by atoms with Crippen LogP contribution < -0.4 is 5.19 Å². The van der Waals surface area contributed by atoms with Crippen LogP contribution in [0.3, 0.4) is 0 Å². The Balaban J connectivity index is 0.000000226. The zero-order chi connectivity index (χ0) is 50.4. The molecular weight excluding hydrogens is 979 g/mol. The number of fused-ring (bicyclic) bond motifs is 10. The van der Waals surface area contributed by atoms with Gasteiger partial charge in [-0.2, -0.15) is 0 Å². The number of nitrogens with zero attached hydrogens (tertiary/aromatic N) is 5. The van der Waals surface area contributed by atoms with Gasteiger partial charge >= 0.3 is 0 Å². The summed E-state index contributed by atoms with van der Waals surface area (Å²) in [5, 5.41) is 7.58. The van der Waals surface area contributed by atoms with Crippen LogP contribution in [0.4, 0.5) is 0 Å². The summed E-state index contributed by atoms with van der Waals surface area (Å²) in [6, 6.07) is 46.2. The van der Waals surface area contributed by atoms with E-state index < -0.39 is 33.6 Å². The Morgan fingerprint density at radius 1 is 0.719 bits per heavy atom. The van der Waals surface area contributed by atoms with Crippen LogP contribution in [0.5, 0.6) is 0 Å². The third-order valence-corrected chi connectivity index (χ3v) is 13.3. The van der Waals surface area contributed by atoms with Crippen molar-refractivity contribution in [2.75, 3.05) is 0 Å². The van der Waals surface area contributed by atoms with E-state index in [0.29, 0.717) is 44.5 Å². The zero-order valence-electron chi connectivity index (χ0n) is 44.3. The number of imidazole rings is 1. The molecule has 11 aromatic rings. The first-order chi connectivity index (χ1) is 33.5. The van der Waals surface area contributed by atoms with Crippen LogP contribution in [0, 0.1) is 31.3 Å². The van der Waals surface area contributed by atoms with E-state index in [2.05, 4.69) is 59.9 Å². The molecule has 6 nitrogen and oxygen atoms in total. The quantitative estimate of drug-likeness (QED) is 0.0976. The molecule has 0 aliphatic rings. The normalized spacial score (nSPS) is 14.5. The Morgan fingerprint density at radius 2 is 1.50 bits per heavy atom. The van der Waals surface area contributed by atoms with Crippen molar-refractivity contribution in [2.24, 2.45) is 5.41 Å². The fraction of sp³-hybridized carbons (Fsp3) is 0.179. The Hall–Kier alpha value is -6.31. The number of benzene rings is 6. The van der Waals surface area contributed by atoms with Crippen molar-refractivity contribution < 1.29 is 35.5 Å². The van der Waals surface area contributed by atoms with Crippen LogP contribution in [0.2, 0.25) is 19.6 Å². The number of aryl methyl sites for hydroxylation is 2. The second kappa shape index (κ2) is 16.7. The predicted molar refractivity (Wildman–Crippen MR) is 265 cm³/mol. The summed E-state index contributed by atoms with van der Waals surface area (Å²) in [7, 11) is -1.70. The van der Waals surface area contributed by atoms with Crippen LogP contribution >= 0.6 is 0 Å². The summed E-state index contributed by atoms with van der Waals surface area (Å²) in [5.74, 6) is 0.416. The second-order valence-electron chi connectivity index (χ2n) is 17.9. The van der Waals surface area contributed by atoms with Gasteiger partial charge in [-0.3, -0.25) is 9.97 Å². The summed E-state index contributed by atoms with van der Waals surface area (Å²) < 4.78 is 74.4. The summed E-state index contributed by atoms with van der Waals surface area (Å²) in [6.45, 7) is 7.74.